The number of unbranched alkanes of at least 4 members (excludes halogenated alkanes) is 1. The minimum absolute atomic E-state index is 0. The second kappa shape index (κ2) is 12.3. The van der Waals surface area contributed by atoms with E-state index in [1.807, 2.05) is 24.3 Å². The number of hydrogen-bond donors (Lipinski definition) is 1. The van der Waals surface area contributed by atoms with Crippen LogP contribution in [0.15, 0.2) is 41.8 Å². The Bertz CT molecular complexity index is 649. The number of hydrogen-bond acceptors (Lipinski definition) is 5. The van der Waals surface area contributed by atoms with Crippen LogP contribution in [0, 0.1) is 0 Å². The van der Waals surface area contributed by atoms with E-state index in [9.17, 15) is 9.59 Å². The first kappa shape index (κ1) is 22.0. The molecule has 0 saturated heterocycles. The van der Waals surface area contributed by atoms with Gasteiger partial charge in [-0.1, -0.05) is 29.8 Å². The number of alkyl carbamates (subject to hydrolysis) is 1. The second-order valence-electron chi connectivity index (χ2n) is 4.97. The van der Waals surface area contributed by atoms with Crippen LogP contribution in [0.5, 0.6) is 0 Å². The number of aryl methyl sites for hydroxylation is 1. The summed E-state index contributed by atoms with van der Waals surface area (Å²) in [6.07, 6.45) is 2.09. The van der Waals surface area contributed by atoms with Crippen molar-refractivity contribution in [2.24, 2.45) is 0 Å². The van der Waals surface area contributed by atoms with Crippen LogP contribution in [-0.2, 0) is 15.9 Å². The van der Waals surface area contributed by atoms with Gasteiger partial charge in [0.2, 0.25) is 6.79 Å². The standard InChI is InChI=1S/C17H18ClNO4S.Na.H/c18-14-8-6-13(7-9-14)4-1-2-10-19-17(21)23-12-22-16(20)15-5-3-11-24-15;;/h3,5-9,11H,1-2,4,10,12H2,(H,19,21);;. The Labute approximate surface area is 178 Å². The fourth-order valence-electron chi connectivity index (χ4n) is 1.95. The quantitative estimate of drug-likeness (QED) is 0.323. The molecule has 0 aliphatic rings. The van der Waals surface area contributed by atoms with Crippen LogP contribution >= 0.6 is 22.9 Å². The van der Waals surface area contributed by atoms with Crippen molar-refractivity contribution in [3.63, 3.8) is 0 Å². The third-order valence-electron chi connectivity index (χ3n) is 3.18. The first-order valence-corrected chi connectivity index (χ1v) is 8.76. The van der Waals surface area contributed by atoms with E-state index in [0.29, 0.717) is 11.4 Å². The van der Waals surface area contributed by atoms with Crippen LogP contribution in [-0.4, -0.2) is 55.0 Å². The van der Waals surface area contributed by atoms with Crippen molar-refractivity contribution in [3.05, 3.63) is 57.2 Å². The Balaban J connectivity index is 0.00000312. The summed E-state index contributed by atoms with van der Waals surface area (Å²) in [6.45, 7) is 0.110. The molecule has 1 amide bonds. The second-order valence-corrected chi connectivity index (χ2v) is 6.35. The Morgan fingerprint density at radius 2 is 1.84 bits per heavy atom. The molecule has 0 unspecified atom stereocenters. The SMILES string of the molecule is O=C(NCCCCc1ccc(Cl)cc1)OCOC(=O)c1cccs1.[NaH]. The number of amides is 1. The average molecular weight is 392 g/mol. The molecule has 0 fully saturated rings. The summed E-state index contributed by atoms with van der Waals surface area (Å²) < 4.78 is 9.62. The summed E-state index contributed by atoms with van der Waals surface area (Å²) in [4.78, 5) is 23.4. The van der Waals surface area contributed by atoms with Crippen LogP contribution in [0.3, 0.4) is 0 Å². The maximum absolute atomic E-state index is 11.5. The van der Waals surface area contributed by atoms with Gasteiger partial charge < -0.3 is 14.8 Å². The monoisotopic (exact) mass is 391 g/mol. The molecule has 1 heterocycles. The molecular weight excluding hydrogens is 373 g/mol. The molecule has 25 heavy (non-hydrogen) atoms. The van der Waals surface area contributed by atoms with E-state index in [2.05, 4.69) is 5.32 Å². The molecule has 8 heteroatoms. The van der Waals surface area contributed by atoms with E-state index >= 15 is 0 Å². The normalized spacial score (nSPS) is 9.80. The topological polar surface area (TPSA) is 64.6 Å². The van der Waals surface area contributed by atoms with Crippen molar-refractivity contribution in [1.29, 1.82) is 0 Å². The van der Waals surface area contributed by atoms with Crippen molar-refractivity contribution in [2.75, 3.05) is 13.3 Å². The molecule has 2 aromatic rings. The Kier molecular flexibility index (Phi) is 10.8. The van der Waals surface area contributed by atoms with Crippen LogP contribution in [0.4, 0.5) is 4.79 Å². The van der Waals surface area contributed by atoms with Crippen molar-refractivity contribution < 1.29 is 19.1 Å². The van der Waals surface area contributed by atoms with Gasteiger partial charge >= 0.3 is 41.6 Å². The van der Waals surface area contributed by atoms with Gasteiger partial charge in [0.25, 0.3) is 0 Å². The van der Waals surface area contributed by atoms with Crippen molar-refractivity contribution in [2.45, 2.75) is 19.3 Å². The third kappa shape index (κ3) is 8.74. The van der Waals surface area contributed by atoms with Crippen LogP contribution in [0.25, 0.3) is 0 Å². The number of nitrogens with one attached hydrogen (secondary N) is 1. The van der Waals surface area contributed by atoms with E-state index in [-0.39, 0.29) is 29.6 Å². The molecule has 2 rings (SSSR count). The molecule has 1 aromatic heterocycles. The zero-order chi connectivity index (χ0) is 17.2. The minimum atomic E-state index is -0.597. The molecule has 130 valence electrons. The first-order chi connectivity index (χ1) is 11.6. The molecule has 0 atom stereocenters. The zero-order valence-corrected chi connectivity index (χ0v) is 14.6. The van der Waals surface area contributed by atoms with Crippen molar-refractivity contribution in [1.82, 2.24) is 5.32 Å². The van der Waals surface area contributed by atoms with Gasteiger partial charge in [-0.15, -0.1) is 11.3 Å². The van der Waals surface area contributed by atoms with Gasteiger partial charge in [-0.3, -0.25) is 0 Å². The summed E-state index contributed by atoms with van der Waals surface area (Å²) in [5.41, 5.74) is 1.21. The van der Waals surface area contributed by atoms with E-state index in [1.54, 1.807) is 17.5 Å². The van der Waals surface area contributed by atoms with E-state index in [0.717, 1.165) is 24.3 Å². The molecular formula is C17H19ClNNaO4S. The maximum atomic E-state index is 11.5. The van der Waals surface area contributed by atoms with Gasteiger partial charge in [-0.2, -0.15) is 0 Å². The number of thiophene rings is 1. The van der Waals surface area contributed by atoms with E-state index < -0.39 is 18.9 Å². The molecule has 1 N–H and O–H groups in total. The number of rotatable bonds is 8. The molecule has 0 bridgehead atoms. The summed E-state index contributed by atoms with van der Waals surface area (Å²) >= 11 is 7.10. The summed E-state index contributed by atoms with van der Waals surface area (Å²) in [6, 6.07) is 11.1. The molecule has 5 nitrogen and oxygen atoms in total. The van der Waals surface area contributed by atoms with Gasteiger partial charge in [-0.05, 0) is 48.4 Å². The molecule has 1 aromatic carbocycles. The van der Waals surface area contributed by atoms with E-state index in [4.69, 9.17) is 21.1 Å². The number of benzene rings is 1. The summed E-state index contributed by atoms with van der Waals surface area (Å²) in [5.74, 6) is -0.499. The molecule has 0 aliphatic heterocycles. The Morgan fingerprint density at radius 1 is 1.08 bits per heavy atom. The zero-order valence-electron chi connectivity index (χ0n) is 13.0. The van der Waals surface area contributed by atoms with Gasteiger partial charge in [0.15, 0.2) is 0 Å². The molecule has 0 aliphatic carbocycles. The number of carbonyl (C=O) groups excluding carboxylic acids is 2. The number of esters is 1. The molecule has 0 spiro atoms. The number of halogens is 1. The van der Waals surface area contributed by atoms with Crippen LogP contribution in [0.1, 0.15) is 28.1 Å². The number of carbonyl (C=O) groups is 2. The predicted octanol–water partition coefficient (Wildman–Crippen LogP) is 3.62. The van der Waals surface area contributed by atoms with Crippen molar-refractivity contribution in [3.8, 4) is 0 Å². The van der Waals surface area contributed by atoms with Gasteiger partial charge in [0.1, 0.15) is 4.88 Å². The Morgan fingerprint density at radius 3 is 2.52 bits per heavy atom. The predicted molar refractivity (Wildman–Crippen MR) is 101 cm³/mol. The molecule has 0 saturated carbocycles. The van der Waals surface area contributed by atoms with Gasteiger partial charge in [-0.25, -0.2) is 9.59 Å². The Hall–Kier alpha value is -1.05. The fraction of sp³-hybridized carbons (Fsp3) is 0.294. The first-order valence-electron chi connectivity index (χ1n) is 7.51. The van der Waals surface area contributed by atoms with Crippen LogP contribution in [0.2, 0.25) is 5.02 Å². The summed E-state index contributed by atoms with van der Waals surface area (Å²) in [7, 11) is 0. The van der Waals surface area contributed by atoms with Crippen LogP contribution < -0.4 is 5.32 Å². The van der Waals surface area contributed by atoms with Gasteiger partial charge in [0.05, 0.1) is 0 Å². The molecule has 0 radical (unpaired) electrons. The third-order valence-corrected chi connectivity index (χ3v) is 4.28. The summed E-state index contributed by atoms with van der Waals surface area (Å²) in [5, 5.41) is 5.11. The van der Waals surface area contributed by atoms with Gasteiger partial charge in [0, 0.05) is 11.6 Å². The number of ether oxygens (including phenoxy) is 2. The average Bonchev–Trinajstić information content (AvgIpc) is 3.11. The fourth-order valence-corrected chi connectivity index (χ4v) is 2.69. The van der Waals surface area contributed by atoms with E-state index in [1.165, 1.54) is 16.9 Å². The van der Waals surface area contributed by atoms with Crippen molar-refractivity contribution >= 4 is 64.6 Å².